The third-order valence-electron chi connectivity index (χ3n) is 2.21. The molecule has 0 radical (unpaired) electrons. The molecule has 5 heteroatoms. The Balaban J connectivity index is 2.20. The van der Waals surface area contributed by atoms with E-state index in [-0.39, 0.29) is 0 Å². The first-order chi connectivity index (χ1) is 8.69. The Morgan fingerprint density at radius 3 is 2.78 bits per heavy atom. The largest absolute Gasteiger partial charge is 0.370 e. The van der Waals surface area contributed by atoms with Crippen LogP contribution in [0.4, 0.5) is 14.6 Å². The van der Waals surface area contributed by atoms with Gasteiger partial charge in [-0.05, 0) is 31.2 Å². The van der Waals surface area contributed by atoms with Gasteiger partial charge in [-0.2, -0.15) is 0 Å². The molecule has 1 aromatic heterocycles. The standard InChI is InChI=1S/C13H12F2N2S/c1-2-16-13-8-10(5-6-17-13)18-12-4-3-9(14)7-11(12)15/h3-8H,2H2,1H3,(H,16,17). The van der Waals surface area contributed by atoms with E-state index in [1.54, 1.807) is 12.3 Å². The molecular formula is C13H12F2N2S. The zero-order valence-electron chi connectivity index (χ0n) is 9.78. The third-order valence-corrected chi connectivity index (χ3v) is 3.25. The van der Waals surface area contributed by atoms with Crippen molar-refractivity contribution in [1.29, 1.82) is 0 Å². The molecule has 0 fully saturated rings. The predicted molar refractivity (Wildman–Crippen MR) is 68.9 cm³/mol. The number of rotatable bonds is 4. The zero-order valence-corrected chi connectivity index (χ0v) is 10.6. The van der Waals surface area contributed by atoms with Gasteiger partial charge in [0.1, 0.15) is 17.5 Å². The van der Waals surface area contributed by atoms with Crippen molar-refractivity contribution in [2.45, 2.75) is 16.7 Å². The van der Waals surface area contributed by atoms with Crippen molar-refractivity contribution in [2.24, 2.45) is 0 Å². The molecule has 0 spiro atoms. The van der Waals surface area contributed by atoms with Crippen molar-refractivity contribution in [3.8, 4) is 0 Å². The molecule has 2 nitrogen and oxygen atoms in total. The smallest absolute Gasteiger partial charge is 0.140 e. The van der Waals surface area contributed by atoms with E-state index in [0.717, 1.165) is 23.3 Å². The molecule has 0 saturated heterocycles. The number of halogens is 2. The number of aromatic nitrogens is 1. The molecule has 0 atom stereocenters. The van der Waals surface area contributed by atoms with Gasteiger partial charge in [0.15, 0.2) is 0 Å². The van der Waals surface area contributed by atoms with E-state index in [1.165, 1.54) is 23.9 Å². The van der Waals surface area contributed by atoms with Crippen molar-refractivity contribution in [3.05, 3.63) is 48.2 Å². The van der Waals surface area contributed by atoms with E-state index in [2.05, 4.69) is 10.3 Å². The van der Waals surface area contributed by atoms with Gasteiger partial charge in [-0.25, -0.2) is 13.8 Å². The number of pyridine rings is 1. The maximum atomic E-state index is 13.5. The maximum absolute atomic E-state index is 13.5. The van der Waals surface area contributed by atoms with E-state index in [9.17, 15) is 8.78 Å². The Morgan fingerprint density at radius 1 is 1.22 bits per heavy atom. The highest BCUT2D eigenvalue weighted by Gasteiger charge is 2.06. The average Bonchev–Trinajstić information content (AvgIpc) is 2.34. The molecular weight excluding hydrogens is 254 g/mol. The SMILES string of the molecule is CCNc1cc(Sc2ccc(F)cc2F)ccn1. The Bertz CT molecular complexity index is 546. The van der Waals surface area contributed by atoms with Crippen LogP contribution >= 0.6 is 11.8 Å². The van der Waals surface area contributed by atoms with Gasteiger partial charge in [0.05, 0.1) is 0 Å². The summed E-state index contributed by atoms with van der Waals surface area (Å²) in [7, 11) is 0. The quantitative estimate of drug-likeness (QED) is 0.907. The van der Waals surface area contributed by atoms with Gasteiger partial charge in [0.2, 0.25) is 0 Å². The second-order valence-corrected chi connectivity index (χ2v) is 4.70. The Labute approximate surface area is 108 Å². The van der Waals surface area contributed by atoms with E-state index in [4.69, 9.17) is 0 Å². The van der Waals surface area contributed by atoms with Gasteiger partial charge < -0.3 is 5.32 Å². The van der Waals surface area contributed by atoms with E-state index < -0.39 is 11.6 Å². The second kappa shape index (κ2) is 5.82. The lowest BCUT2D eigenvalue weighted by Gasteiger charge is -2.06. The molecule has 0 aliphatic heterocycles. The van der Waals surface area contributed by atoms with E-state index in [1.807, 2.05) is 13.0 Å². The summed E-state index contributed by atoms with van der Waals surface area (Å²) in [5.74, 6) is -0.383. The minimum absolute atomic E-state index is 0.394. The van der Waals surface area contributed by atoms with Crippen LogP contribution in [0.5, 0.6) is 0 Å². The van der Waals surface area contributed by atoms with E-state index >= 15 is 0 Å². The fourth-order valence-electron chi connectivity index (χ4n) is 1.44. The summed E-state index contributed by atoms with van der Waals surface area (Å²) >= 11 is 1.24. The summed E-state index contributed by atoms with van der Waals surface area (Å²) in [4.78, 5) is 5.38. The van der Waals surface area contributed by atoms with Gasteiger partial charge >= 0.3 is 0 Å². The minimum Gasteiger partial charge on any atom is -0.370 e. The number of anilines is 1. The fraction of sp³-hybridized carbons (Fsp3) is 0.154. The van der Waals surface area contributed by atoms with Gasteiger partial charge in [0, 0.05) is 28.6 Å². The number of hydrogen-bond acceptors (Lipinski definition) is 3. The van der Waals surface area contributed by atoms with Crippen LogP contribution in [-0.2, 0) is 0 Å². The lowest BCUT2D eigenvalue weighted by Crippen LogP contribution is -1.98. The zero-order chi connectivity index (χ0) is 13.0. The summed E-state index contributed by atoms with van der Waals surface area (Å²) in [5, 5.41) is 3.08. The second-order valence-electron chi connectivity index (χ2n) is 3.58. The molecule has 2 aromatic rings. The topological polar surface area (TPSA) is 24.9 Å². The fourth-order valence-corrected chi connectivity index (χ4v) is 2.28. The highest BCUT2D eigenvalue weighted by atomic mass is 32.2. The number of hydrogen-bond donors (Lipinski definition) is 1. The average molecular weight is 266 g/mol. The Kier molecular flexibility index (Phi) is 4.15. The number of benzene rings is 1. The van der Waals surface area contributed by atoms with Crippen molar-refractivity contribution < 1.29 is 8.78 Å². The van der Waals surface area contributed by atoms with Crippen LogP contribution in [0.2, 0.25) is 0 Å². The van der Waals surface area contributed by atoms with E-state index in [0.29, 0.717) is 4.90 Å². The first-order valence-electron chi connectivity index (χ1n) is 5.52. The molecule has 0 bridgehead atoms. The van der Waals surface area contributed by atoms with Gasteiger partial charge in [-0.1, -0.05) is 11.8 Å². The third kappa shape index (κ3) is 3.20. The Morgan fingerprint density at radius 2 is 2.06 bits per heavy atom. The first kappa shape index (κ1) is 12.8. The van der Waals surface area contributed by atoms with Crippen molar-refractivity contribution >= 4 is 17.6 Å². The molecule has 0 aliphatic carbocycles. The summed E-state index contributed by atoms with van der Waals surface area (Å²) in [6, 6.07) is 7.18. The van der Waals surface area contributed by atoms with Crippen molar-refractivity contribution in [2.75, 3.05) is 11.9 Å². The number of nitrogens with zero attached hydrogens (tertiary/aromatic N) is 1. The summed E-state index contributed by atoms with van der Waals surface area (Å²) in [6.45, 7) is 2.74. The molecule has 0 unspecified atom stereocenters. The highest BCUT2D eigenvalue weighted by Crippen LogP contribution is 2.30. The minimum atomic E-state index is -0.570. The molecule has 94 valence electrons. The van der Waals surface area contributed by atoms with Crippen LogP contribution in [0.15, 0.2) is 46.3 Å². The molecule has 0 aliphatic rings. The number of nitrogens with one attached hydrogen (secondary N) is 1. The van der Waals surface area contributed by atoms with Gasteiger partial charge in [0.25, 0.3) is 0 Å². The molecule has 0 saturated carbocycles. The summed E-state index contributed by atoms with van der Waals surface area (Å²) < 4.78 is 26.3. The van der Waals surface area contributed by atoms with Crippen LogP contribution in [0.3, 0.4) is 0 Å². The van der Waals surface area contributed by atoms with Crippen LogP contribution in [0, 0.1) is 11.6 Å². The van der Waals surface area contributed by atoms with Crippen LogP contribution < -0.4 is 5.32 Å². The molecule has 1 N–H and O–H groups in total. The monoisotopic (exact) mass is 266 g/mol. The molecule has 1 aromatic carbocycles. The summed E-state index contributed by atoms with van der Waals surface area (Å²) in [5.41, 5.74) is 0. The molecule has 2 rings (SSSR count). The molecule has 18 heavy (non-hydrogen) atoms. The first-order valence-corrected chi connectivity index (χ1v) is 6.33. The predicted octanol–water partition coefficient (Wildman–Crippen LogP) is 3.94. The van der Waals surface area contributed by atoms with Crippen LogP contribution in [0.25, 0.3) is 0 Å². The van der Waals surface area contributed by atoms with Crippen LogP contribution in [0.1, 0.15) is 6.92 Å². The van der Waals surface area contributed by atoms with Crippen LogP contribution in [-0.4, -0.2) is 11.5 Å². The highest BCUT2D eigenvalue weighted by molar-refractivity contribution is 7.99. The maximum Gasteiger partial charge on any atom is 0.140 e. The lowest BCUT2D eigenvalue weighted by molar-refractivity contribution is 0.565. The van der Waals surface area contributed by atoms with Gasteiger partial charge in [-0.15, -0.1) is 0 Å². The molecule has 0 amide bonds. The normalized spacial score (nSPS) is 10.4. The van der Waals surface area contributed by atoms with Gasteiger partial charge in [-0.3, -0.25) is 0 Å². The summed E-state index contributed by atoms with van der Waals surface area (Å²) in [6.07, 6.45) is 1.65. The van der Waals surface area contributed by atoms with Crippen molar-refractivity contribution in [1.82, 2.24) is 4.98 Å². The molecule has 1 heterocycles. The lowest BCUT2D eigenvalue weighted by atomic mass is 10.3. The van der Waals surface area contributed by atoms with Crippen molar-refractivity contribution in [3.63, 3.8) is 0 Å². The Hall–Kier alpha value is -1.62.